The minimum absolute atomic E-state index is 0.0777. The summed E-state index contributed by atoms with van der Waals surface area (Å²) in [7, 11) is -2.20. The third-order valence-electron chi connectivity index (χ3n) is 4.55. The van der Waals surface area contributed by atoms with Crippen molar-refractivity contribution in [1.82, 2.24) is 14.6 Å². The molecule has 2 amide bonds. The third-order valence-corrected chi connectivity index (χ3v) is 7.12. The monoisotopic (exact) mass is 438 g/mol. The van der Waals surface area contributed by atoms with Gasteiger partial charge in [-0.05, 0) is 37.1 Å². The van der Waals surface area contributed by atoms with E-state index in [1.165, 1.54) is 34.9 Å². The van der Waals surface area contributed by atoms with Crippen molar-refractivity contribution in [2.45, 2.75) is 17.7 Å². The van der Waals surface area contributed by atoms with Gasteiger partial charge < -0.3 is 15.4 Å². The highest BCUT2D eigenvalue weighted by molar-refractivity contribution is 7.89. The van der Waals surface area contributed by atoms with Gasteiger partial charge >= 0.3 is 0 Å². The molecule has 0 saturated carbocycles. The molecule has 0 spiro atoms. The summed E-state index contributed by atoms with van der Waals surface area (Å²) in [6, 6.07) is 6.14. The number of carbonyl (C=O) groups excluding carboxylic acids is 2. The molecule has 2 heterocycles. The second-order valence-corrected chi connectivity index (χ2v) is 9.31. The van der Waals surface area contributed by atoms with Gasteiger partial charge in [0.1, 0.15) is 5.75 Å². The number of rotatable bonds is 7. The van der Waals surface area contributed by atoms with Crippen molar-refractivity contribution in [1.29, 1.82) is 0 Å². The first-order valence-corrected chi connectivity index (χ1v) is 11.3. The average Bonchev–Trinajstić information content (AvgIpc) is 3.25. The smallest absolute Gasteiger partial charge is 0.245 e. The van der Waals surface area contributed by atoms with Crippen molar-refractivity contribution in [3.05, 3.63) is 35.8 Å². The molecule has 2 N–H and O–H groups in total. The molecule has 1 aliphatic heterocycles. The third kappa shape index (κ3) is 5.31. The summed E-state index contributed by atoms with van der Waals surface area (Å²) in [6.45, 7) is 0.233. The van der Waals surface area contributed by atoms with Crippen LogP contribution in [0.15, 0.2) is 40.7 Å². The molecule has 0 radical (unpaired) electrons. The first-order valence-electron chi connectivity index (χ1n) is 9.01. The lowest BCUT2D eigenvalue weighted by Crippen LogP contribution is -2.46. The zero-order chi connectivity index (χ0) is 20.9. The Morgan fingerprint density at radius 1 is 1.31 bits per heavy atom. The number of amides is 2. The summed E-state index contributed by atoms with van der Waals surface area (Å²) in [6.07, 6.45) is 2.70. The number of nitrogens with one attached hydrogen (secondary N) is 2. The Hall–Kier alpha value is -2.50. The largest absolute Gasteiger partial charge is 0.497 e. The van der Waals surface area contributed by atoms with E-state index in [9.17, 15) is 18.0 Å². The number of carbonyl (C=O) groups is 2. The SMILES string of the molecule is COc1ccc(S(=O)(=O)N2CCC[C@@H](C(=O)NCC(=O)Nc3nccs3)C2)cc1. The van der Waals surface area contributed by atoms with Crippen LogP contribution in [0.2, 0.25) is 0 Å². The quantitative estimate of drug-likeness (QED) is 0.673. The van der Waals surface area contributed by atoms with Gasteiger partial charge in [0.05, 0.1) is 24.5 Å². The van der Waals surface area contributed by atoms with Crippen LogP contribution in [0.4, 0.5) is 5.13 Å². The van der Waals surface area contributed by atoms with Gasteiger partial charge in [-0.3, -0.25) is 9.59 Å². The molecule has 1 aliphatic rings. The number of hydrogen-bond acceptors (Lipinski definition) is 7. The van der Waals surface area contributed by atoms with E-state index >= 15 is 0 Å². The fraction of sp³-hybridized carbons (Fsp3) is 0.389. The molecular formula is C18H22N4O5S2. The minimum atomic E-state index is -3.71. The number of ether oxygens (including phenoxy) is 1. The topological polar surface area (TPSA) is 118 Å². The highest BCUT2D eigenvalue weighted by Gasteiger charge is 2.33. The summed E-state index contributed by atoms with van der Waals surface area (Å²) in [5.74, 6) is -0.666. The van der Waals surface area contributed by atoms with E-state index in [2.05, 4.69) is 15.6 Å². The molecule has 29 heavy (non-hydrogen) atoms. The molecule has 3 rings (SSSR count). The maximum Gasteiger partial charge on any atom is 0.245 e. The number of hydrogen-bond donors (Lipinski definition) is 2. The van der Waals surface area contributed by atoms with Gasteiger partial charge in [0.15, 0.2) is 5.13 Å². The molecule has 11 heteroatoms. The zero-order valence-corrected chi connectivity index (χ0v) is 17.5. The molecule has 1 aromatic carbocycles. The van der Waals surface area contributed by atoms with E-state index in [1.54, 1.807) is 23.7 Å². The maximum atomic E-state index is 12.9. The minimum Gasteiger partial charge on any atom is -0.497 e. The fourth-order valence-corrected chi connectivity index (χ4v) is 5.10. The first kappa shape index (κ1) is 21.2. The van der Waals surface area contributed by atoms with Crippen molar-refractivity contribution < 1.29 is 22.7 Å². The molecule has 1 fully saturated rings. The van der Waals surface area contributed by atoms with E-state index in [1.807, 2.05) is 0 Å². The standard InChI is InChI=1S/C18H22N4O5S2/c1-27-14-4-6-15(7-5-14)29(25,26)22-9-2-3-13(12-22)17(24)20-11-16(23)21-18-19-8-10-28-18/h4-8,10,13H,2-3,9,11-12H2,1H3,(H,20,24)(H,19,21,23)/t13-/m1/s1. The molecule has 156 valence electrons. The van der Waals surface area contributed by atoms with Crippen LogP contribution in [0.3, 0.4) is 0 Å². The van der Waals surface area contributed by atoms with E-state index in [-0.39, 0.29) is 29.8 Å². The van der Waals surface area contributed by atoms with Crippen LogP contribution in [-0.2, 0) is 19.6 Å². The number of anilines is 1. The molecule has 0 aliphatic carbocycles. The number of nitrogens with zero attached hydrogens (tertiary/aromatic N) is 2. The average molecular weight is 439 g/mol. The van der Waals surface area contributed by atoms with Crippen LogP contribution < -0.4 is 15.4 Å². The summed E-state index contributed by atoms with van der Waals surface area (Å²) < 4.78 is 32.1. The fourth-order valence-electron chi connectivity index (χ4n) is 3.03. The summed E-state index contributed by atoms with van der Waals surface area (Å²) in [5, 5.41) is 7.35. The predicted octanol–water partition coefficient (Wildman–Crippen LogP) is 1.31. The van der Waals surface area contributed by atoms with Gasteiger partial charge in [-0.2, -0.15) is 4.31 Å². The van der Waals surface area contributed by atoms with E-state index in [0.717, 1.165) is 0 Å². The number of aromatic nitrogens is 1. The Morgan fingerprint density at radius 2 is 2.07 bits per heavy atom. The van der Waals surface area contributed by atoms with E-state index in [4.69, 9.17) is 4.74 Å². The summed E-state index contributed by atoms with van der Waals surface area (Å²) in [5.41, 5.74) is 0. The number of thiazole rings is 1. The van der Waals surface area contributed by atoms with Crippen LogP contribution >= 0.6 is 11.3 Å². The van der Waals surface area contributed by atoms with Gasteiger partial charge in [-0.1, -0.05) is 0 Å². The number of methoxy groups -OCH3 is 1. The van der Waals surface area contributed by atoms with Crippen molar-refractivity contribution in [2.24, 2.45) is 5.92 Å². The summed E-state index contributed by atoms with van der Waals surface area (Å²) >= 11 is 1.28. The Labute approximate surface area is 173 Å². The Morgan fingerprint density at radius 3 is 2.72 bits per heavy atom. The molecule has 0 bridgehead atoms. The highest BCUT2D eigenvalue weighted by Crippen LogP contribution is 2.25. The molecule has 1 saturated heterocycles. The van der Waals surface area contributed by atoms with Crippen LogP contribution in [0, 0.1) is 5.92 Å². The van der Waals surface area contributed by atoms with Crippen LogP contribution in [0.5, 0.6) is 5.75 Å². The normalized spacial score (nSPS) is 17.5. The molecule has 1 aromatic heterocycles. The number of piperidine rings is 1. The van der Waals surface area contributed by atoms with Crippen molar-refractivity contribution >= 4 is 38.3 Å². The second kappa shape index (κ2) is 9.33. The maximum absolute atomic E-state index is 12.9. The van der Waals surface area contributed by atoms with Gasteiger partial charge in [0.25, 0.3) is 0 Å². The van der Waals surface area contributed by atoms with Crippen molar-refractivity contribution in [3.63, 3.8) is 0 Å². The highest BCUT2D eigenvalue weighted by atomic mass is 32.2. The molecular weight excluding hydrogens is 416 g/mol. The molecule has 0 unspecified atom stereocenters. The Balaban J connectivity index is 1.57. The van der Waals surface area contributed by atoms with Gasteiger partial charge in [0.2, 0.25) is 21.8 Å². The number of sulfonamides is 1. The van der Waals surface area contributed by atoms with Gasteiger partial charge in [0, 0.05) is 24.7 Å². The number of benzene rings is 1. The van der Waals surface area contributed by atoms with Crippen LogP contribution in [0.25, 0.3) is 0 Å². The zero-order valence-electron chi connectivity index (χ0n) is 15.8. The molecule has 1 atom stereocenters. The second-order valence-electron chi connectivity index (χ2n) is 6.48. The molecule has 9 nitrogen and oxygen atoms in total. The van der Waals surface area contributed by atoms with Crippen LogP contribution in [-0.4, -0.2) is 56.3 Å². The molecule has 2 aromatic rings. The lowest BCUT2D eigenvalue weighted by molar-refractivity contribution is -0.128. The Kier molecular flexibility index (Phi) is 6.83. The Bertz CT molecular complexity index is 945. The van der Waals surface area contributed by atoms with Gasteiger partial charge in [-0.25, -0.2) is 13.4 Å². The van der Waals surface area contributed by atoms with Crippen molar-refractivity contribution in [2.75, 3.05) is 32.1 Å². The lowest BCUT2D eigenvalue weighted by atomic mass is 9.99. The van der Waals surface area contributed by atoms with Crippen LogP contribution in [0.1, 0.15) is 12.8 Å². The summed E-state index contributed by atoms with van der Waals surface area (Å²) in [4.78, 5) is 28.4. The van der Waals surface area contributed by atoms with E-state index in [0.29, 0.717) is 30.3 Å². The predicted molar refractivity (Wildman–Crippen MR) is 108 cm³/mol. The van der Waals surface area contributed by atoms with Crippen molar-refractivity contribution in [3.8, 4) is 5.75 Å². The lowest BCUT2D eigenvalue weighted by Gasteiger charge is -2.31. The van der Waals surface area contributed by atoms with Gasteiger partial charge in [-0.15, -0.1) is 11.3 Å². The van der Waals surface area contributed by atoms with E-state index < -0.39 is 15.9 Å². The first-order chi connectivity index (χ1) is 13.9.